The molecule has 2 aromatic rings. The van der Waals surface area contributed by atoms with Gasteiger partial charge in [0.2, 0.25) is 5.91 Å². The Morgan fingerprint density at radius 3 is 2.80 bits per heavy atom. The van der Waals surface area contributed by atoms with Gasteiger partial charge >= 0.3 is 5.63 Å². The van der Waals surface area contributed by atoms with Crippen LogP contribution in [0.15, 0.2) is 45.9 Å². The lowest BCUT2D eigenvalue weighted by atomic mass is 10.2. The van der Waals surface area contributed by atoms with Gasteiger partial charge in [0.25, 0.3) is 0 Å². The number of carbonyl (C=O) groups is 1. The Hall–Kier alpha value is -2.63. The van der Waals surface area contributed by atoms with Crippen molar-refractivity contribution in [3.8, 4) is 11.3 Å². The van der Waals surface area contributed by atoms with Crippen LogP contribution in [0.2, 0.25) is 0 Å². The number of amides is 1. The maximum atomic E-state index is 11.8. The predicted molar refractivity (Wildman–Crippen MR) is 70.7 cm³/mol. The molecule has 1 N–H and O–H groups in total. The first-order chi connectivity index (χ1) is 9.63. The number of nitrogens with zero attached hydrogens (tertiary/aromatic N) is 1. The summed E-state index contributed by atoms with van der Waals surface area (Å²) in [5, 5.41) is 13.7. The standard InChI is InChI=1S/C14H12N2O4/c17-13(9-3-4-9)15-11-5-6-12(20-14(11)18)10-2-1-7-16(19)8-10/h1-2,5-9H,3-4H2,(H,15,17). The summed E-state index contributed by atoms with van der Waals surface area (Å²) in [6, 6.07) is 6.27. The number of hydrogen-bond acceptors (Lipinski definition) is 4. The third-order valence-electron chi connectivity index (χ3n) is 3.09. The minimum atomic E-state index is -0.627. The molecule has 3 rings (SSSR count). The van der Waals surface area contributed by atoms with Crippen LogP contribution in [-0.4, -0.2) is 5.91 Å². The SMILES string of the molecule is O=C(Nc1ccc(-c2ccc[n+]([O-])c2)oc1=O)C1CC1. The van der Waals surface area contributed by atoms with E-state index in [9.17, 15) is 14.8 Å². The normalized spacial score (nSPS) is 14.0. The van der Waals surface area contributed by atoms with Crippen LogP contribution in [0.5, 0.6) is 0 Å². The average Bonchev–Trinajstić information content (AvgIpc) is 3.25. The Kier molecular flexibility index (Phi) is 2.98. The molecule has 1 saturated carbocycles. The molecule has 1 fully saturated rings. The molecule has 20 heavy (non-hydrogen) atoms. The van der Waals surface area contributed by atoms with Crippen molar-refractivity contribution in [2.24, 2.45) is 5.92 Å². The first kappa shape index (κ1) is 12.4. The molecule has 0 radical (unpaired) electrons. The molecule has 2 aromatic heterocycles. The van der Waals surface area contributed by atoms with Crippen molar-refractivity contribution in [1.29, 1.82) is 0 Å². The second-order valence-electron chi connectivity index (χ2n) is 4.72. The van der Waals surface area contributed by atoms with Gasteiger partial charge in [0, 0.05) is 12.0 Å². The zero-order valence-corrected chi connectivity index (χ0v) is 10.5. The Labute approximate surface area is 114 Å². The van der Waals surface area contributed by atoms with Gasteiger partial charge in [0.15, 0.2) is 12.4 Å². The van der Waals surface area contributed by atoms with Crippen molar-refractivity contribution >= 4 is 11.6 Å². The van der Waals surface area contributed by atoms with Crippen LogP contribution in [-0.2, 0) is 4.79 Å². The monoisotopic (exact) mass is 272 g/mol. The van der Waals surface area contributed by atoms with E-state index in [1.807, 2.05) is 0 Å². The van der Waals surface area contributed by atoms with Gasteiger partial charge in [-0.05, 0) is 31.0 Å². The molecule has 2 heterocycles. The fourth-order valence-electron chi connectivity index (χ4n) is 1.84. The van der Waals surface area contributed by atoms with Gasteiger partial charge in [0.1, 0.15) is 11.4 Å². The molecular weight excluding hydrogens is 260 g/mol. The number of anilines is 1. The first-order valence-electron chi connectivity index (χ1n) is 6.28. The minimum Gasteiger partial charge on any atom is -0.619 e. The quantitative estimate of drug-likeness (QED) is 0.673. The number of pyridine rings is 1. The van der Waals surface area contributed by atoms with Crippen LogP contribution in [0, 0.1) is 11.1 Å². The predicted octanol–water partition coefficient (Wildman–Crippen LogP) is 1.29. The van der Waals surface area contributed by atoms with Crippen LogP contribution in [0.4, 0.5) is 5.69 Å². The van der Waals surface area contributed by atoms with Crippen LogP contribution in [0.25, 0.3) is 11.3 Å². The van der Waals surface area contributed by atoms with E-state index in [4.69, 9.17) is 4.42 Å². The number of carbonyl (C=O) groups excluding carboxylic acids is 1. The lowest BCUT2D eigenvalue weighted by Crippen LogP contribution is -2.24. The van der Waals surface area contributed by atoms with E-state index >= 15 is 0 Å². The van der Waals surface area contributed by atoms with Gasteiger partial charge in [0.05, 0.1) is 5.56 Å². The van der Waals surface area contributed by atoms with Gasteiger partial charge < -0.3 is 14.9 Å². The molecule has 0 saturated heterocycles. The van der Waals surface area contributed by atoms with Gasteiger partial charge in [-0.15, -0.1) is 0 Å². The summed E-state index contributed by atoms with van der Waals surface area (Å²) in [7, 11) is 0. The summed E-state index contributed by atoms with van der Waals surface area (Å²) < 4.78 is 5.75. The number of aromatic nitrogens is 1. The highest BCUT2D eigenvalue weighted by atomic mass is 16.5. The molecular formula is C14H12N2O4. The first-order valence-corrected chi connectivity index (χ1v) is 6.28. The Balaban J connectivity index is 1.87. The Morgan fingerprint density at radius 2 is 2.15 bits per heavy atom. The molecule has 0 spiro atoms. The van der Waals surface area contributed by atoms with Crippen LogP contribution < -0.4 is 15.7 Å². The highest BCUT2D eigenvalue weighted by Crippen LogP contribution is 2.29. The fraction of sp³-hybridized carbons (Fsp3) is 0.214. The maximum Gasteiger partial charge on any atom is 0.360 e. The van der Waals surface area contributed by atoms with Crippen molar-refractivity contribution in [2.45, 2.75) is 12.8 Å². The summed E-state index contributed by atoms with van der Waals surface area (Å²) in [6.07, 6.45) is 4.37. The van der Waals surface area contributed by atoms with E-state index in [0.717, 1.165) is 12.8 Å². The molecule has 1 amide bonds. The smallest absolute Gasteiger partial charge is 0.360 e. The molecule has 6 nitrogen and oxygen atoms in total. The Morgan fingerprint density at radius 1 is 1.35 bits per heavy atom. The number of nitrogens with one attached hydrogen (secondary N) is 1. The fourth-order valence-corrected chi connectivity index (χ4v) is 1.84. The van der Waals surface area contributed by atoms with E-state index < -0.39 is 5.63 Å². The third-order valence-corrected chi connectivity index (χ3v) is 3.09. The molecule has 102 valence electrons. The molecule has 0 atom stereocenters. The van der Waals surface area contributed by atoms with E-state index in [1.54, 1.807) is 18.2 Å². The number of hydrogen-bond donors (Lipinski definition) is 1. The van der Waals surface area contributed by atoms with Crippen molar-refractivity contribution < 1.29 is 13.9 Å². The molecule has 0 bridgehead atoms. The lowest BCUT2D eigenvalue weighted by molar-refractivity contribution is -0.604. The second-order valence-corrected chi connectivity index (χ2v) is 4.72. The topological polar surface area (TPSA) is 86.2 Å². The molecule has 6 heteroatoms. The van der Waals surface area contributed by atoms with Gasteiger partial charge in [-0.2, -0.15) is 4.73 Å². The summed E-state index contributed by atoms with van der Waals surface area (Å²) in [5.74, 6) is 0.148. The molecule has 0 aromatic carbocycles. The van der Waals surface area contributed by atoms with Crippen molar-refractivity contribution in [3.05, 3.63) is 52.3 Å². The van der Waals surface area contributed by atoms with Crippen LogP contribution >= 0.6 is 0 Å². The van der Waals surface area contributed by atoms with Gasteiger partial charge in [-0.3, -0.25) is 4.79 Å². The minimum absolute atomic E-state index is 0.0163. The summed E-state index contributed by atoms with van der Waals surface area (Å²) in [6.45, 7) is 0. The molecule has 1 aliphatic rings. The summed E-state index contributed by atoms with van der Waals surface area (Å²) >= 11 is 0. The van der Waals surface area contributed by atoms with E-state index in [-0.39, 0.29) is 23.3 Å². The number of rotatable bonds is 3. The van der Waals surface area contributed by atoms with Crippen LogP contribution in [0.1, 0.15) is 12.8 Å². The lowest BCUT2D eigenvalue weighted by Gasteiger charge is -2.04. The molecule has 0 unspecified atom stereocenters. The van der Waals surface area contributed by atoms with E-state index in [1.165, 1.54) is 18.5 Å². The third kappa shape index (κ3) is 2.54. The highest BCUT2D eigenvalue weighted by molar-refractivity contribution is 5.93. The van der Waals surface area contributed by atoms with Crippen molar-refractivity contribution in [3.63, 3.8) is 0 Å². The summed E-state index contributed by atoms with van der Waals surface area (Å²) in [5.41, 5.74) is -0.00551. The zero-order valence-electron chi connectivity index (χ0n) is 10.5. The van der Waals surface area contributed by atoms with Gasteiger partial charge in [-0.25, -0.2) is 4.79 Å². The molecule has 0 aliphatic heterocycles. The van der Waals surface area contributed by atoms with Gasteiger partial charge in [-0.1, -0.05) is 0 Å². The van der Waals surface area contributed by atoms with Crippen molar-refractivity contribution in [2.75, 3.05) is 5.32 Å². The Bertz CT molecular complexity index is 719. The highest BCUT2D eigenvalue weighted by Gasteiger charge is 2.30. The molecule has 1 aliphatic carbocycles. The van der Waals surface area contributed by atoms with E-state index in [0.29, 0.717) is 10.3 Å². The van der Waals surface area contributed by atoms with E-state index in [2.05, 4.69) is 5.32 Å². The largest absolute Gasteiger partial charge is 0.619 e. The maximum absolute atomic E-state index is 11.8. The van der Waals surface area contributed by atoms with Crippen molar-refractivity contribution in [1.82, 2.24) is 0 Å². The summed E-state index contributed by atoms with van der Waals surface area (Å²) in [4.78, 5) is 23.4. The second kappa shape index (κ2) is 4.80. The average molecular weight is 272 g/mol. The van der Waals surface area contributed by atoms with Crippen LogP contribution in [0.3, 0.4) is 0 Å². The zero-order chi connectivity index (χ0) is 14.1.